The summed E-state index contributed by atoms with van der Waals surface area (Å²) < 4.78 is 25.3. The molecule has 2 saturated heterocycles. The summed E-state index contributed by atoms with van der Waals surface area (Å²) in [6.45, 7) is 2.44. The Morgan fingerprint density at radius 1 is 0.955 bits per heavy atom. The molecule has 120 valence electrons. The van der Waals surface area contributed by atoms with E-state index in [1.807, 2.05) is 4.90 Å². The summed E-state index contributed by atoms with van der Waals surface area (Å²) in [5.74, 6) is 0. The van der Waals surface area contributed by atoms with Crippen molar-refractivity contribution >= 4 is 15.9 Å². The third kappa shape index (κ3) is 2.97. The topological polar surface area (TPSA) is 57.7 Å². The van der Waals surface area contributed by atoms with Crippen LogP contribution in [0.4, 0.5) is 4.79 Å². The maximum atomic E-state index is 12.6. The Bertz CT molecular complexity index is 624. The zero-order chi connectivity index (χ0) is 15.6. The lowest BCUT2D eigenvalue weighted by atomic mass is 10.1. The van der Waals surface area contributed by atoms with Crippen molar-refractivity contribution in [1.82, 2.24) is 9.80 Å². The zero-order valence-electron chi connectivity index (χ0n) is 12.6. The molecule has 6 heteroatoms. The lowest BCUT2D eigenvalue weighted by Gasteiger charge is -2.31. The van der Waals surface area contributed by atoms with Crippen LogP contribution in [0.3, 0.4) is 0 Å². The highest BCUT2D eigenvalue weighted by molar-refractivity contribution is 7.92. The fourth-order valence-electron chi connectivity index (χ4n) is 3.24. The molecule has 2 aliphatic rings. The van der Waals surface area contributed by atoms with Crippen LogP contribution in [0.1, 0.15) is 25.7 Å². The predicted octanol–water partition coefficient (Wildman–Crippen LogP) is 2.14. The number of piperidine rings is 1. The maximum absolute atomic E-state index is 12.6. The summed E-state index contributed by atoms with van der Waals surface area (Å²) >= 11 is 0. The van der Waals surface area contributed by atoms with E-state index in [-0.39, 0.29) is 6.03 Å². The van der Waals surface area contributed by atoms with E-state index < -0.39 is 15.1 Å². The number of rotatable bonds is 2. The van der Waals surface area contributed by atoms with Gasteiger partial charge >= 0.3 is 6.03 Å². The van der Waals surface area contributed by atoms with E-state index in [0.29, 0.717) is 24.4 Å². The number of likely N-dealkylation sites (tertiary alicyclic amines) is 2. The minimum atomic E-state index is -3.35. The molecule has 2 fully saturated rings. The van der Waals surface area contributed by atoms with Crippen LogP contribution in [0.25, 0.3) is 0 Å². The molecule has 1 atom stereocenters. The number of amides is 2. The molecule has 1 aromatic rings. The first-order valence-electron chi connectivity index (χ1n) is 7.92. The van der Waals surface area contributed by atoms with Crippen molar-refractivity contribution < 1.29 is 13.2 Å². The van der Waals surface area contributed by atoms with Crippen LogP contribution in [0.5, 0.6) is 0 Å². The van der Waals surface area contributed by atoms with Crippen LogP contribution in [-0.4, -0.2) is 55.7 Å². The van der Waals surface area contributed by atoms with Gasteiger partial charge in [-0.15, -0.1) is 0 Å². The Labute approximate surface area is 131 Å². The normalized spacial score (nSPS) is 22.8. The second-order valence-corrected chi connectivity index (χ2v) is 8.27. The average Bonchev–Trinajstić information content (AvgIpc) is 3.06. The standard InChI is InChI=1S/C16H22N2O3S/c19-16(17-10-5-2-6-11-17)18-12-9-15(13-18)22(20,21)14-7-3-1-4-8-14/h1,3-4,7-8,15H,2,5-6,9-13H2/t15-/m1/s1. The summed E-state index contributed by atoms with van der Waals surface area (Å²) in [6.07, 6.45) is 3.79. The molecule has 0 unspecified atom stereocenters. The minimum absolute atomic E-state index is 0.00506. The van der Waals surface area contributed by atoms with E-state index in [9.17, 15) is 13.2 Å². The summed E-state index contributed by atoms with van der Waals surface area (Å²) in [5, 5.41) is -0.483. The zero-order valence-corrected chi connectivity index (χ0v) is 13.5. The lowest BCUT2D eigenvalue weighted by Crippen LogP contribution is -2.45. The van der Waals surface area contributed by atoms with Crippen LogP contribution in [0, 0.1) is 0 Å². The highest BCUT2D eigenvalue weighted by Gasteiger charge is 2.37. The first kappa shape index (κ1) is 15.3. The lowest BCUT2D eigenvalue weighted by molar-refractivity contribution is 0.152. The summed E-state index contributed by atoms with van der Waals surface area (Å²) in [5.41, 5.74) is 0. The van der Waals surface area contributed by atoms with Gasteiger partial charge in [0.15, 0.2) is 9.84 Å². The summed E-state index contributed by atoms with van der Waals surface area (Å²) in [6, 6.07) is 8.54. The van der Waals surface area contributed by atoms with E-state index in [1.165, 1.54) is 6.42 Å². The van der Waals surface area contributed by atoms with Gasteiger partial charge in [0, 0.05) is 26.2 Å². The molecule has 3 rings (SSSR count). The monoisotopic (exact) mass is 322 g/mol. The SMILES string of the molecule is O=C(N1CCCCC1)N1CC[C@@H](S(=O)(=O)c2ccccc2)C1. The van der Waals surface area contributed by atoms with Crippen molar-refractivity contribution in [2.45, 2.75) is 35.8 Å². The van der Waals surface area contributed by atoms with Gasteiger partial charge in [-0.05, 0) is 37.8 Å². The first-order valence-corrected chi connectivity index (χ1v) is 9.46. The van der Waals surface area contributed by atoms with Gasteiger partial charge in [0.05, 0.1) is 10.1 Å². The molecule has 0 spiro atoms. The second kappa shape index (κ2) is 6.28. The number of carbonyl (C=O) groups excluding carboxylic acids is 1. The highest BCUT2D eigenvalue weighted by Crippen LogP contribution is 2.25. The quantitative estimate of drug-likeness (QED) is 0.838. The fraction of sp³-hybridized carbons (Fsp3) is 0.562. The van der Waals surface area contributed by atoms with Gasteiger partial charge in [-0.1, -0.05) is 18.2 Å². The molecule has 0 aliphatic carbocycles. The second-order valence-electron chi connectivity index (χ2n) is 6.05. The third-order valence-corrected chi connectivity index (χ3v) is 6.74. The van der Waals surface area contributed by atoms with Crippen molar-refractivity contribution in [2.24, 2.45) is 0 Å². The van der Waals surface area contributed by atoms with Crippen LogP contribution < -0.4 is 0 Å². The van der Waals surface area contributed by atoms with Crippen LogP contribution in [0.2, 0.25) is 0 Å². The molecule has 5 nitrogen and oxygen atoms in total. The molecule has 0 N–H and O–H groups in total. The fourth-order valence-corrected chi connectivity index (χ4v) is 4.96. The molecule has 0 aromatic heterocycles. The Morgan fingerprint density at radius 2 is 1.64 bits per heavy atom. The van der Waals surface area contributed by atoms with Crippen molar-refractivity contribution in [3.8, 4) is 0 Å². The van der Waals surface area contributed by atoms with E-state index in [2.05, 4.69) is 0 Å². The number of hydrogen-bond acceptors (Lipinski definition) is 3. The molecular weight excluding hydrogens is 300 g/mol. The van der Waals surface area contributed by atoms with Crippen LogP contribution in [0.15, 0.2) is 35.2 Å². The Balaban J connectivity index is 1.68. The molecule has 2 aliphatic heterocycles. The Hall–Kier alpha value is -1.56. The number of nitrogens with zero attached hydrogens (tertiary/aromatic N) is 2. The molecule has 2 heterocycles. The van der Waals surface area contributed by atoms with Gasteiger partial charge in [-0.3, -0.25) is 0 Å². The maximum Gasteiger partial charge on any atom is 0.320 e. The molecule has 1 aromatic carbocycles. The van der Waals surface area contributed by atoms with Gasteiger partial charge in [-0.2, -0.15) is 0 Å². The molecule has 2 amide bonds. The number of sulfone groups is 1. The Morgan fingerprint density at radius 3 is 2.32 bits per heavy atom. The summed E-state index contributed by atoms with van der Waals surface area (Å²) in [4.78, 5) is 16.4. The highest BCUT2D eigenvalue weighted by atomic mass is 32.2. The van der Waals surface area contributed by atoms with E-state index in [4.69, 9.17) is 0 Å². The predicted molar refractivity (Wildman–Crippen MR) is 84.4 cm³/mol. The van der Waals surface area contributed by atoms with Crippen molar-refractivity contribution in [2.75, 3.05) is 26.2 Å². The molecule has 0 bridgehead atoms. The molecule has 0 saturated carbocycles. The van der Waals surface area contributed by atoms with Crippen LogP contribution in [-0.2, 0) is 9.84 Å². The molecule has 22 heavy (non-hydrogen) atoms. The van der Waals surface area contributed by atoms with E-state index in [1.54, 1.807) is 35.2 Å². The van der Waals surface area contributed by atoms with Gasteiger partial charge in [0.2, 0.25) is 0 Å². The van der Waals surface area contributed by atoms with E-state index in [0.717, 1.165) is 25.9 Å². The van der Waals surface area contributed by atoms with Gasteiger partial charge in [-0.25, -0.2) is 13.2 Å². The largest absolute Gasteiger partial charge is 0.325 e. The van der Waals surface area contributed by atoms with E-state index >= 15 is 0 Å². The Kier molecular flexibility index (Phi) is 4.38. The van der Waals surface area contributed by atoms with Gasteiger partial charge < -0.3 is 9.80 Å². The van der Waals surface area contributed by atoms with Gasteiger partial charge in [0.1, 0.15) is 0 Å². The van der Waals surface area contributed by atoms with Crippen molar-refractivity contribution in [3.05, 3.63) is 30.3 Å². The number of carbonyl (C=O) groups is 1. The number of hydrogen-bond donors (Lipinski definition) is 0. The minimum Gasteiger partial charge on any atom is -0.325 e. The van der Waals surface area contributed by atoms with Crippen molar-refractivity contribution in [3.63, 3.8) is 0 Å². The summed E-state index contributed by atoms with van der Waals surface area (Å²) in [7, 11) is -3.35. The van der Waals surface area contributed by atoms with Crippen molar-refractivity contribution in [1.29, 1.82) is 0 Å². The smallest absolute Gasteiger partial charge is 0.320 e. The average molecular weight is 322 g/mol. The number of urea groups is 1. The first-order chi connectivity index (χ1) is 10.6. The molecule has 0 radical (unpaired) electrons. The van der Waals surface area contributed by atoms with Crippen LogP contribution >= 0.6 is 0 Å². The van der Waals surface area contributed by atoms with Gasteiger partial charge in [0.25, 0.3) is 0 Å². The number of benzene rings is 1. The third-order valence-electron chi connectivity index (χ3n) is 4.55. The molecular formula is C16H22N2O3S.